The summed E-state index contributed by atoms with van der Waals surface area (Å²) in [5, 5.41) is 12.8. The molecule has 0 atom stereocenters. The van der Waals surface area contributed by atoms with Crippen molar-refractivity contribution in [3.05, 3.63) is 0 Å². The molecule has 1 fully saturated rings. The maximum Gasteiger partial charge on any atom is 0.0558 e. The summed E-state index contributed by atoms with van der Waals surface area (Å²) < 4.78 is 0. The van der Waals surface area contributed by atoms with Crippen molar-refractivity contribution in [2.75, 3.05) is 32.8 Å². The van der Waals surface area contributed by atoms with E-state index in [0.717, 1.165) is 26.2 Å². The summed E-state index contributed by atoms with van der Waals surface area (Å²) in [5.41, 5.74) is 0.285. The second-order valence-corrected chi connectivity index (χ2v) is 6.47. The van der Waals surface area contributed by atoms with Gasteiger partial charge < -0.3 is 10.4 Å². The Balaban J connectivity index is 2.42. The minimum Gasteiger partial charge on any atom is -0.395 e. The molecule has 1 aliphatic rings. The van der Waals surface area contributed by atoms with Crippen LogP contribution in [0.3, 0.4) is 0 Å². The fourth-order valence-corrected chi connectivity index (χ4v) is 3.00. The molecule has 18 heavy (non-hydrogen) atoms. The van der Waals surface area contributed by atoms with Crippen molar-refractivity contribution < 1.29 is 5.11 Å². The Labute approximate surface area is 113 Å². The summed E-state index contributed by atoms with van der Waals surface area (Å²) in [6, 6.07) is 0.711. The maximum absolute atomic E-state index is 9.25. The van der Waals surface area contributed by atoms with Gasteiger partial charge in [0.1, 0.15) is 0 Å². The van der Waals surface area contributed by atoms with Gasteiger partial charge in [0.05, 0.1) is 6.61 Å². The third-order valence-corrected chi connectivity index (χ3v) is 3.89. The van der Waals surface area contributed by atoms with Crippen LogP contribution in [0.15, 0.2) is 0 Å². The van der Waals surface area contributed by atoms with Gasteiger partial charge in [-0.1, -0.05) is 33.6 Å². The molecular formula is C15H32N2O. The van der Waals surface area contributed by atoms with Crippen LogP contribution in [0.25, 0.3) is 0 Å². The SMILES string of the molecule is CCCNCC(C)(C)CN(CCO)C1CCCC1. The number of aliphatic hydroxyl groups is 1. The molecule has 0 unspecified atom stereocenters. The zero-order valence-corrected chi connectivity index (χ0v) is 12.5. The lowest BCUT2D eigenvalue weighted by Crippen LogP contribution is -2.45. The Morgan fingerprint density at radius 2 is 1.94 bits per heavy atom. The lowest BCUT2D eigenvalue weighted by atomic mass is 9.91. The molecular weight excluding hydrogens is 224 g/mol. The van der Waals surface area contributed by atoms with Gasteiger partial charge in [0.15, 0.2) is 0 Å². The number of aliphatic hydroxyl groups excluding tert-OH is 1. The van der Waals surface area contributed by atoms with E-state index in [1.165, 1.54) is 32.1 Å². The predicted octanol–water partition coefficient (Wildman–Crippen LogP) is 2.25. The van der Waals surface area contributed by atoms with Crippen LogP contribution in [0.1, 0.15) is 52.9 Å². The smallest absolute Gasteiger partial charge is 0.0558 e. The highest BCUT2D eigenvalue weighted by molar-refractivity contribution is 4.83. The summed E-state index contributed by atoms with van der Waals surface area (Å²) in [4.78, 5) is 2.51. The molecule has 0 spiro atoms. The maximum atomic E-state index is 9.25. The van der Waals surface area contributed by atoms with E-state index in [1.807, 2.05) is 0 Å². The first-order chi connectivity index (χ1) is 8.59. The fourth-order valence-electron chi connectivity index (χ4n) is 3.00. The number of hydrogen-bond donors (Lipinski definition) is 2. The quantitative estimate of drug-likeness (QED) is 0.621. The van der Waals surface area contributed by atoms with E-state index in [9.17, 15) is 5.11 Å². The molecule has 0 aromatic rings. The number of rotatable bonds is 9. The molecule has 0 amide bonds. The van der Waals surface area contributed by atoms with Gasteiger partial charge in [-0.2, -0.15) is 0 Å². The van der Waals surface area contributed by atoms with Crippen molar-refractivity contribution >= 4 is 0 Å². The largest absolute Gasteiger partial charge is 0.395 e. The van der Waals surface area contributed by atoms with E-state index in [4.69, 9.17) is 0 Å². The molecule has 3 heteroatoms. The van der Waals surface area contributed by atoms with Crippen LogP contribution in [0, 0.1) is 5.41 Å². The van der Waals surface area contributed by atoms with Gasteiger partial charge in [-0.25, -0.2) is 0 Å². The monoisotopic (exact) mass is 256 g/mol. The highest BCUT2D eigenvalue weighted by Gasteiger charge is 2.27. The van der Waals surface area contributed by atoms with E-state index in [0.29, 0.717) is 6.04 Å². The lowest BCUT2D eigenvalue weighted by molar-refractivity contribution is 0.103. The first-order valence-corrected chi connectivity index (χ1v) is 7.64. The Hall–Kier alpha value is -0.120. The molecule has 0 radical (unpaired) electrons. The highest BCUT2D eigenvalue weighted by atomic mass is 16.3. The standard InChI is InChI=1S/C15H32N2O/c1-4-9-16-12-15(2,3)13-17(10-11-18)14-7-5-6-8-14/h14,16,18H,4-13H2,1-3H3. The average molecular weight is 256 g/mol. The van der Waals surface area contributed by atoms with Crippen molar-refractivity contribution in [1.29, 1.82) is 0 Å². The zero-order chi connectivity index (χ0) is 13.4. The van der Waals surface area contributed by atoms with E-state index in [2.05, 4.69) is 31.0 Å². The second-order valence-electron chi connectivity index (χ2n) is 6.47. The van der Waals surface area contributed by atoms with Gasteiger partial charge in [-0.3, -0.25) is 4.90 Å². The van der Waals surface area contributed by atoms with Gasteiger partial charge in [-0.05, 0) is 31.2 Å². The predicted molar refractivity (Wildman–Crippen MR) is 77.9 cm³/mol. The van der Waals surface area contributed by atoms with Crippen molar-refractivity contribution in [2.24, 2.45) is 5.41 Å². The summed E-state index contributed by atoms with van der Waals surface area (Å²) in [6.07, 6.45) is 6.55. The summed E-state index contributed by atoms with van der Waals surface area (Å²) in [5.74, 6) is 0. The third kappa shape index (κ3) is 5.68. The molecule has 108 valence electrons. The van der Waals surface area contributed by atoms with Crippen molar-refractivity contribution in [1.82, 2.24) is 10.2 Å². The van der Waals surface area contributed by atoms with Gasteiger partial charge in [0.25, 0.3) is 0 Å². The van der Waals surface area contributed by atoms with Gasteiger partial charge in [-0.15, -0.1) is 0 Å². The van der Waals surface area contributed by atoms with E-state index in [1.54, 1.807) is 0 Å². The minimum atomic E-state index is 0.285. The molecule has 0 aromatic carbocycles. The normalized spacial score (nSPS) is 17.8. The van der Waals surface area contributed by atoms with E-state index >= 15 is 0 Å². The molecule has 0 aromatic heterocycles. The molecule has 1 saturated carbocycles. The fraction of sp³-hybridized carbons (Fsp3) is 1.00. The van der Waals surface area contributed by atoms with Crippen LogP contribution >= 0.6 is 0 Å². The summed E-state index contributed by atoms with van der Waals surface area (Å²) in [6.45, 7) is 11.2. The summed E-state index contributed by atoms with van der Waals surface area (Å²) in [7, 11) is 0. The zero-order valence-electron chi connectivity index (χ0n) is 12.5. The Bertz CT molecular complexity index is 213. The van der Waals surface area contributed by atoms with Gasteiger partial charge in [0.2, 0.25) is 0 Å². The number of nitrogens with zero attached hydrogens (tertiary/aromatic N) is 1. The number of nitrogens with one attached hydrogen (secondary N) is 1. The first-order valence-electron chi connectivity index (χ1n) is 7.64. The Kier molecular flexibility index (Phi) is 7.20. The van der Waals surface area contributed by atoms with Crippen molar-refractivity contribution in [3.63, 3.8) is 0 Å². The van der Waals surface area contributed by atoms with Crippen LogP contribution in [0.2, 0.25) is 0 Å². The summed E-state index contributed by atoms with van der Waals surface area (Å²) >= 11 is 0. The van der Waals surface area contributed by atoms with Crippen LogP contribution in [0.4, 0.5) is 0 Å². The Morgan fingerprint density at radius 1 is 1.28 bits per heavy atom. The van der Waals surface area contributed by atoms with Crippen LogP contribution < -0.4 is 5.32 Å². The molecule has 0 aliphatic heterocycles. The molecule has 1 aliphatic carbocycles. The average Bonchev–Trinajstić information content (AvgIpc) is 2.81. The molecule has 1 rings (SSSR count). The van der Waals surface area contributed by atoms with Crippen LogP contribution in [0.5, 0.6) is 0 Å². The first kappa shape index (κ1) is 15.9. The van der Waals surface area contributed by atoms with Crippen LogP contribution in [-0.4, -0.2) is 48.8 Å². The van der Waals surface area contributed by atoms with Gasteiger partial charge in [0, 0.05) is 25.7 Å². The second kappa shape index (κ2) is 8.13. The van der Waals surface area contributed by atoms with Crippen molar-refractivity contribution in [2.45, 2.75) is 58.9 Å². The van der Waals surface area contributed by atoms with E-state index < -0.39 is 0 Å². The molecule has 3 nitrogen and oxygen atoms in total. The highest BCUT2D eigenvalue weighted by Crippen LogP contribution is 2.26. The lowest BCUT2D eigenvalue weighted by Gasteiger charge is -2.36. The van der Waals surface area contributed by atoms with E-state index in [-0.39, 0.29) is 12.0 Å². The molecule has 0 bridgehead atoms. The molecule has 0 saturated heterocycles. The van der Waals surface area contributed by atoms with Gasteiger partial charge >= 0.3 is 0 Å². The molecule has 0 heterocycles. The van der Waals surface area contributed by atoms with Crippen molar-refractivity contribution in [3.8, 4) is 0 Å². The Morgan fingerprint density at radius 3 is 2.50 bits per heavy atom. The third-order valence-electron chi connectivity index (χ3n) is 3.89. The number of hydrogen-bond acceptors (Lipinski definition) is 3. The topological polar surface area (TPSA) is 35.5 Å². The molecule has 2 N–H and O–H groups in total. The van der Waals surface area contributed by atoms with Crippen LogP contribution in [-0.2, 0) is 0 Å². The minimum absolute atomic E-state index is 0.285.